The smallest absolute Gasteiger partial charge is 0.349 e. The molecule has 4 rings (SSSR count). The zero-order valence-corrected chi connectivity index (χ0v) is 16.3. The van der Waals surface area contributed by atoms with Crippen molar-refractivity contribution in [2.45, 2.75) is 25.9 Å². The van der Waals surface area contributed by atoms with Crippen molar-refractivity contribution < 1.29 is 18.7 Å². The number of para-hydroxylation sites is 1. The van der Waals surface area contributed by atoms with Crippen molar-refractivity contribution in [3.8, 4) is 11.6 Å². The molecule has 0 radical (unpaired) electrons. The summed E-state index contributed by atoms with van der Waals surface area (Å²) in [5.41, 5.74) is -0.346. The van der Waals surface area contributed by atoms with Gasteiger partial charge in [0.2, 0.25) is 5.88 Å². The molecule has 2 aromatic heterocycles. The van der Waals surface area contributed by atoms with Crippen LogP contribution in [0.4, 0.5) is 0 Å². The minimum atomic E-state index is -0.679. The Labute approximate surface area is 167 Å². The van der Waals surface area contributed by atoms with Gasteiger partial charge in [-0.25, -0.2) is 9.78 Å². The van der Waals surface area contributed by atoms with Crippen LogP contribution >= 0.6 is 0 Å². The molecule has 3 heterocycles. The second-order valence-electron chi connectivity index (χ2n) is 6.90. The Morgan fingerprint density at radius 1 is 1.31 bits per heavy atom. The first kappa shape index (κ1) is 18.9. The fraction of sp³-hybridized carbons (Fsp3) is 0.333. The van der Waals surface area contributed by atoms with Gasteiger partial charge in [0.25, 0.3) is 5.91 Å². The molecule has 0 unspecified atom stereocenters. The zero-order valence-electron chi connectivity index (χ0n) is 16.3. The SMILES string of the molecule is COc1cccc2cc(C(=O)N3CCC[C@H](Oc4ccnc(C)n4)C3)c(=O)oc12. The van der Waals surface area contributed by atoms with Crippen molar-refractivity contribution in [3.63, 3.8) is 0 Å². The number of fused-ring (bicyclic) bond motifs is 1. The van der Waals surface area contributed by atoms with Crippen LogP contribution in [-0.4, -0.2) is 47.1 Å². The fourth-order valence-electron chi connectivity index (χ4n) is 3.49. The molecule has 0 bridgehead atoms. The Hall–Kier alpha value is -3.42. The molecule has 1 saturated heterocycles. The quantitative estimate of drug-likeness (QED) is 0.627. The van der Waals surface area contributed by atoms with E-state index in [0.717, 1.165) is 12.8 Å². The fourth-order valence-corrected chi connectivity index (χ4v) is 3.49. The third-order valence-corrected chi connectivity index (χ3v) is 4.88. The van der Waals surface area contributed by atoms with Crippen LogP contribution in [0.25, 0.3) is 11.0 Å². The van der Waals surface area contributed by atoms with E-state index in [4.69, 9.17) is 13.9 Å². The predicted octanol–water partition coefficient (Wildman–Crippen LogP) is 2.58. The van der Waals surface area contributed by atoms with Gasteiger partial charge in [0.05, 0.1) is 13.7 Å². The predicted molar refractivity (Wildman–Crippen MR) is 105 cm³/mol. The maximum atomic E-state index is 13.0. The van der Waals surface area contributed by atoms with Crippen molar-refractivity contribution in [2.75, 3.05) is 20.2 Å². The molecule has 1 fully saturated rings. The Bertz CT molecular complexity index is 1110. The lowest BCUT2D eigenvalue weighted by Crippen LogP contribution is -2.45. The molecule has 29 heavy (non-hydrogen) atoms. The molecule has 0 aliphatic carbocycles. The summed E-state index contributed by atoms with van der Waals surface area (Å²) in [7, 11) is 1.50. The van der Waals surface area contributed by atoms with Crippen LogP contribution in [0.3, 0.4) is 0 Å². The second-order valence-corrected chi connectivity index (χ2v) is 6.90. The molecule has 0 saturated carbocycles. The van der Waals surface area contributed by atoms with E-state index in [1.165, 1.54) is 7.11 Å². The number of nitrogens with zero attached hydrogens (tertiary/aromatic N) is 3. The number of amides is 1. The molecule has 1 atom stereocenters. The highest BCUT2D eigenvalue weighted by Gasteiger charge is 2.28. The van der Waals surface area contributed by atoms with Crippen molar-refractivity contribution in [3.05, 3.63) is 58.3 Å². The van der Waals surface area contributed by atoms with Crippen molar-refractivity contribution in [1.29, 1.82) is 0 Å². The van der Waals surface area contributed by atoms with E-state index < -0.39 is 5.63 Å². The first-order valence-electron chi connectivity index (χ1n) is 9.41. The summed E-state index contributed by atoms with van der Waals surface area (Å²) in [6.45, 7) is 2.71. The third-order valence-electron chi connectivity index (χ3n) is 4.88. The lowest BCUT2D eigenvalue weighted by atomic mass is 10.1. The number of piperidine rings is 1. The van der Waals surface area contributed by atoms with E-state index in [1.807, 2.05) is 0 Å². The van der Waals surface area contributed by atoms with Crippen molar-refractivity contribution in [2.24, 2.45) is 0 Å². The van der Waals surface area contributed by atoms with Crippen molar-refractivity contribution >= 4 is 16.9 Å². The van der Waals surface area contributed by atoms with Crippen LogP contribution < -0.4 is 15.1 Å². The number of hydrogen-bond donors (Lipinski definition) is 0. The lowest BCUT2D eigenvalue weighted by molar-refractivity contribution is 0.0523. The Balaban J connectivity index is 1.56. The number of rotatable bonds is 4. The molecule has 0 spiro atoms. The maximum Gasteiger partial charge on any atom is 0.349 e. The summed E-state index contributed by atoms with van der Waals surface area (Å²) in [5, 5.41) is 0.633. The average Bonchev–Trinajstić information content (AvgIpc) is 2.72. The topological polar surface area (TPSA) is 94.8 Å². The summed E-state index contributed by atoms with van der Waals surface area (Å²) in [4.78, 5) is 35.4. The van der Waals surface area contributed by atoms with Gasteiger partial charge in [0.1, 0.15) is 17.5 Å². The summed E-state index contributed by atoms with van der Waals surface area (Å²) in [5.74, 6) is 1.19. The molecule has 0 N–H and O–H groups in total. The number of carbonyl (C=O) groups excluding carboxylic acids is 1. The van der Waals surface area contributed by atoms with E-state index in [1.54, 1.807) is 48.4 Å². The van der Waals surface area contributed by atoms with Gasteiger partial charge < -0.3 is 18.8 Å². The molecular formula is C21H21N3O5. The van der Waals surface area contributed by atoms with Crippen LogP contribution in [0.15, 0.2) is 45.7 Å². The first-order valence-corrected chi connectivity index (χ1v) is 9.41. The minimum absolute atomic E-state index is 0.00397. The number of aromatic nitrogens is 2. The number of methoxy groups -OCH3 is 1. The summed E-state index contributed by atoms with van der Waals surface area (Å²) < 4.78 is 16.5. The molecule has 8 nitrogen and oxygen atoms in total. The number of hydrogen-bond acceptors (Lipinski definition) is 7. The molecule has 1 amide bonds. The van der Waals surface area contributed by atoms with Gasteiger partial charge in [-0.15, -0.1) is 0 Å². The number of likely N-dealkylation sites (tertiary alicyclic amines) is 1. The monoisotopic (exact) mass is 395 g/mol. The van der Waals surface area contributed by atoms with Crippen LogP contribution in [0.2, 0.25) is 0 Å². The molecule has 1 aliphatic rings. The standard InChI is InChI=1S/C21H21N3O5/c1-13-22-9-8-18(23-13)28-15-6-4-10-24(12-15)20(25)16-11-14-5-3-7-17(27-2)19(14)29-21(16)26/h3,5,7-9,11,15H,4,6,10,12H2,1-2H3/t15-/m0/s1. The number of benzene rings is 1. The molecule has 1 aromatic carbocycles. The van der Waals surface area contributed by atoms with E-state index in [-0.39, 0.29) is 17.6 Å². The van der Waals surface area contributed by atoms with Gasteiger partial charge in [0, 0.05) is 24.2 Å². The Morgan fingerprint density at radius 2 is 2.17 bits per heavy atom. The van der Waals surface area contributed by atoms with Gasteiger partial charge in [-0.2, -0.15) is 4.98 Å². The van der Waals surface area contributed by atoms with Crippen molar-refractivity contribution in [1.82, 2.24) is 14.9 Å². The highest BCUT2D eigenvalue weighted by molar-refractivity contribution is 5.97. The number of ether oxygens (including phenoxy) is 2. The van der Waals surface area contributed by atoms with Crippen LogP contribution in [0, 0.1) is 6.92 Å². The summed E-state index contributed by atoms with van der Waals surface area (Å²) >= 11 is 0. The summed E-state index contributed by atoms with van der Waals surface area (Å²) in [6, 6.07) is 8.51. The highest BCUT2D eigenvalue weighted by atomic mass is 16.5. The van der Waals surface area contributed by atoms with E-state index in [9.17, 15) is 9.59 Å². The van der Waals surface area contributed by atoms with Gasteiger partial charge in [-0.1, -0.05) is 12.1 Å². The lowest BCUT2D eigenvalue weighted by Gasteiger charge is -2.32. The molecular weight excluding hydrogens is 374 g/mol. The second kappa shape index (κ2) is 7.90. The minimum Gasteiger partial charge on any atom is -0.493 e. The van der Waals surface area contributed by atoms with Gasteiger partial charge >= 0.3 is 5.63 Å². The maximum absolute atomic E-state index is 13.0. The number of carbonyl (C=O) groups is 1. The third kappa shape index (κ3) is 3.91. The summed E-state index contributed by atoms with van der Waals surface area (Å²) in [6.07, 6.45) is 3.01. The van der Waals surface area contributed by atoms with E-state index in [0.29, 0.717) is 41.5 Å². The molecule has 3 aromatic rings. The van der Waals surface area contributed by atoms with Gasteiger partial charge in [-0.05, 0) is 31.9 Å². The molecule has 1 aliphatic heterocycles. The first-order chi connectivity index (χ1) is 14.0. The van der Waals surface area contributed by atoms with Gasteiger partial charge in [0.15, 0.2) is 11.3 Å². The normalized spacial score (nSPS) is 16.6. The number of aryl methyl sites for hydroxylation is 1. The van der Waals surface area contributed by atoms with Crippen LogP contribution in [0.1, 0.15) is 29.0 Å². The largest absolute Gasteiger partial charge is 0.493 e. The molecule has 150 valence electrons. The zero-order chi connectivity index (χ0) is 20.4. The molecule has 8 heteroatoms. The van der Waals surface area contributed by atoms with E-state index in [2.05, 4.69) is 9.97 Å². The van der Waals surface area contributed by atoms with E-state index >= 15 is 0 Å². The Morgan fingerprint density at radius 3 is 2.97 bits per heavy atom. The average molecular weight is 395 g/mol. The van der Waals surface area contributed by atoms with Crippen LogP contribution in [0.5, 0.6) is 11.6 Å². The highest BCUT2D eigenvalue weighted by Crippen LogP contribution is 2.25. The Kier molecular flexibility index (Phi) is 5.16. The van der Waals surface area contributed by atoms with Crippen LogP contribution in [-0.2, 0) is 0 Å². The van der Waals surface area contributed by atoms with Gasteiger partial charge in [-0.3, -0.25) is 4.79 Å².